The molecule has 1 N–H and O–H groups in total. The number of amides is 2. The van der Waals surface area contributed by atoms with Gasteiger partial charge in [-0.05, 0) is 37.1 Å². The second-order valence-corrected chi connectivity index (χ2v) is 8.14. The number of pyridine rings is 1. The fourth-order valence-electron chi connectivity index (χ4n) is 4.52. The van der Waals surface area contributed by atoms with Gasteiger partial charge in [0.15, 0.2) is 0 Å². The number of anilines is 1. The first-order valence-corrected chi connectivity index (χ1v) is 10.4. The molecule has 2 fully saturated rings. The SMILES string of the molecule is O=C(Nc1cc(F)ccc1F)N1CC(c2nnc(-c3ccncc3)o2)C2(CCOCC2)C1. The van der Waals surface area contributed by atoms with Crippen molar-refractivity contribution in [1.82, 2.24) is 20.1 Å². The van der Waals surface area contributed by atoms with Gasteiger partial charge in [0.25, 0.3) is 0 Å². The number of hydrogen-bond acceptors (Lipinski definition) is 6. The van der Waals surface area contributed by atoms with E-state index < -0.39 is 17.7 Å². The van der Waals surface area contributed by atoms with Gasteiger partial charge in [0.05, 0.1) is 11.6 Å². The van der Waals surface area contributed by atoms with Crippen LogP contribution in [-0.4, -0.2) is 52.4 Å². The van der Waals surface area contributed by atoms with Crippen LogP contribution in [-0.2, 0) is 4.74 Å². The average Bonchev–Trinajstić information content (AvgIpc) is 3.43. The van der Waals surface area contributed by atoms with Gasteiger partial charge in [0, 0.05) is 55.7 Å². The highest BCUT2D eigenvalue weighted by Crippen LogP contribution is 2.49. The molecule has 2 saturated heterocycles. The number of nitrogens with zero attached hydrogens (tertiary/aromatic N) is 4. The lowest BCUT2D eigenvalue weighted by Crippen LogP contribution is -2.38. The van der Waals surface area contributed by atoms with E-state index in [-0.39, 0.29) is 17.0 Å². The number of aromatic nitrogens is 3. The molecule has 2 aliphatic rings. The molecule has 1 atom stereocenters. The summed E-state index contributed by atoms with van der Waals surface area (Å²) in [5.41, 5.74) is 0.268. The molecule has 0 bridgehead atoms. The number of ether oxygens (including phenoxy) is 1. The van der Waals surface area contributed by atoms with E-state index in [1.54, 1.807) is 29.4 Å². The molecule has 32 heavy (non-hydrogen) atoms. The Morgan fingerprint density at radius 2 is 1.91 bits per heavy atom. The number of rotatable bonds is 3. The van der Waals surface area contributed by atoms with E-state index in [0.29, 0.717) is 38.1 Å². The number of hydrogen-bond donors (Lipinski definition) is 1. The van der Waals surface area contributed by atoms with Gasteiger partial charge in [0.2, 0.25) is 11.8 Å². The fraction of sp³-hybridized carbons (Fsp3) is 0.364. The molecule has 0 saturated carbocycles. The van der Waals surface area contributed by atoms with Crippen LogP contribution in [0, 0.1) is 17.0 Å². The van der Waals surface area contributed by atoms with Gasteiger partial charge in [-0.1, -0.05) is 0 Å². The van der Waals surface area contributed by atoms with Gasteiger partial charge < -0.3 is 19.4 Å². The van der Waals surface area contributed by atoms with Crippen molar-refractivity contribution >= 4 is 11.7 Å². The highest BCUT2D eigenvalue weighted by molar-refractivity contribution is 5.89. The van der Waals surface area contributed by atoms with Crippen LogP contribution in [0.1, 0.15) is 24.7 Å². The molecule has 0 aliphatic carbocycles. The Balaban J connectivity index is 1.40. The molecule has 10 heteroatoms. The molecule has 3 aromatic rings. The zero-order chi connectivity index (χ0) is 22.1. The van der Waals surface area contributed by atoms with Crippen LogP contribution in [0.5, 0.6) is 0 Å². The molecular formula is C22H21F2N5O3. The Morgan fingerprint density at radius 3 is 2.69 bits per heavy atom. The van der Waals surface area contributed by atoms with Crippen molar-refractivity contribution in [1.29, 1.82) is 0 Å². The normalized spacial score (nSPS) is 19.9. The number of benzene rings is 1. The number of likely N-dealkylation sites (tertiary alicyclic amines) is 1. The van der Waals surface area contributed by atoms with E-state index in [4.69, 9.17) is 9.15 Å². The summed E-state index contributed by atoms with van der Waals surface area (Å²) < 4.78 is 39.1. The molecule has 5 rings (SSSR count). The lowest BCUT2D eigenvalue weighted by Gasteiger charge is -2.36. The van der Waals surface area contributed by atoms with Crippen LogP contribution in [0.25, 0.3) is 11.5 Å². The van der Waals surface area contributed by atoms with Gasteiger partial charge in [0.1, 0.15) is 11.6 Å². The summed E-state index contributed by atoms with van der Waals surface area (Å²) in [7, 11) is 0. The molecular weight excluding hydrogens is 420 g/mol. The summed E-state index contributed by atoms with van der Waals surface area (Å²) in [5.74, 6) is -0.690. The molecule has 8 nitrogen and oxygen atoms in total. The quantitative estimate of drug-likeness (QED) is 0.664. The maximum absolute atomic E-state index is 14.0. The topological polar surface area (TPSA) is 93.4 Å². The van der Waals surface area contributed by atoms with E-state index in [1.807, 2.05) is 0 Å². The Kier molecular flexibility index (Phi) is 5.30. The van der Waals surface area contributed by atoms with Crippen LogP contribution in [0.3, 0.4) is 0 Å². The first-order valence-electron chi connectivity index (χ1n) is 10.4. The standard InChI is InChI=1S/C22H21F2N5O3/c23-15-1-2-17(24)18(11-15)26-21(30)29-12-16(22(13-29)5-9-31-10-6-22)20-28-27-19(32-20)14-3-7-25-8-4-14/h1-4,7-8,11,16H,5-6,9-10,12-13H2,(H,26,30). The molecule has 2 aromatic heterocycles. The van der Waals surface area contributed by atoms with E-state index in [2.05, 4.69) is 20.5 Å². The van der Waals surface area contributed by atoms with E-state index >= 15 is 0 Å². The monoisotopic (exact) mass is 441 g/mol. The van der Waals surface area contributed by atoms with Crippen molar-refractivity contribution in [2.24, 2.45) is 5.41 Å². The summed E-state index contributed by atoms with van der Waals surface area (Å²) in [6.07, 6.45) is 4.74. The third-order valence-corrected chi connectivity index (χ3v) is 6.26. The third kappa shape index (κ3) is 3.81. The minimum atomic E-state index is -0.699. The number of urea groups is 1. The molecule has 2 aliphatic heterocycles. The fourth-order valence-corrected chi connectivity index (χ4v) is 4.52. The second kappa shape index (κ2) is 8.27. The molecule has 2 amide bonds. The maximum atomic E-state index is 14.0. The second-order valence-electron chi connectivity index (χ2n) is 8.14. The Hall–Kier alpha value is -3.40. The van der Waals surface area contributed by atoms with Crippen molar-refractivity contribution in [2.45, 2.75) is 18.8 Å². The van der Waals surface area contributed by atoms with Crippen LogP contribution >= 0.6 is 0 Å². The van der Waals surface area contributed by atoms with Gasteiger partial charge >= 0.3 is 6.03 Å². The average molecular weight is 441 g/mol. The van der Waals surface area contributed by atoms with Crippen molar-refractivity contribution in [2.75, 3.05) is 31.6 Å². The van der Waals surface area contributed by atoms with E-state index in [9.17, 15) is 13.6 Å². The molecule has 166 valence electrons. The summed E-state index contributed by atoms with van der Waals surface area (Å²) in [4.78, 5) is 18.5. The van der Waals surface area contributed by atoms with Gasteiger partial charge in [-0.2, -0.15) is 0 Å². The number of carbonyl (C=O) groups excluding carboxylic acids is 1. The Labute approximate surface area is 182 Å². The summed E-state index contributed by atoms with van der Waals surface area (Å²) in [5, 5.41) is 10.9. The van der Waals surface area contributed by atoms with Crippen LogP contribution in [0.2, 0.25) is 0 Å². The summed E-state index contributed by atoms with van der Waals surface area (Å²) >= 11 is 0. The van der Waals surface area contributed by atoms with Gasteiger partial charge in [-0.3, -0.25) is 4.98 Å². The first-order chi connectivity index (χ1) is 15.5. The summed E-state index contributed by atoms with van der Waals surface area (Å²) in [6, 6.07) is 6.01. The predicted molar refractivity (Wildman–Crippen MR) is 110 cm³/mol. The van der Waals surface area contributed by atoms with E-state index in [0.717, 1.165) is 36.6 Å². The van der Waals surface area contributed by atoms with Crippen LogP contribution in [0.4, 0.5) is 19.3 Å². The van der Waals surface area contributed by atoms with Crippen molar-refractivity contribution in [3.63, 3.8) is 0 Å². The number of halogens is 2. The Bertz CT molecular complexity index is 1120. The van der Waals surface area contributed by atoms with Gasteiger partial charge in [-0.15, -0.1) is 10.2 Å². The highest BCUT2D eigenvalue weighted by atomic mass is 19.1. The zero-order valence-electron chi connectivity index (χ0n) is 17.1. The molecule has 1 unspecified atom stereocenters. The summed E-state index contributed by atoms with van der Waals surface area (Å²) in [6.45, 7) is 1.88. The minimum Gasteiger partial charge on any atom is -0.420 e. The zero-order valence-corrected chi connectivity index (χ0v) is 17.1. The first kappa shape index (κ1) is 20.5. The number of nitrogens with one attached hydrogen (secondary N) is 1. The van der Waals surface area contributed by atoms with Crippen molar-refractivity contribution in [3.8, 4) is 11.5 Å². The van der Waals surface area contributed by atoms with Gasteiger partial charge in [-0.25, -0.2) is 13.6 Å². The largest absolute Gasteiger partial charge is 0.420 e. The lowest BCUT2D eigenvalue weighted by atomic mass is 9.72. The molecule has 1 aromatic carbocycles. The van der Waals surface area contributed by atoms with E-state index in [1.165, 1.54) is 0 Å². The van der Waals surface area contributed by atoms with Crippen LogP contribution in [0.15, 0.2) is 47.1 Å². The van der Waals surface area contributed by atoms with Crippen molar-refractivity contribution < 1.29 is 22.7 Å². The molecule has 4 heterocycles. The third-order valence-electron chi connectivity index (χ3n) is 6.26. The lowest BCUT2D eigenvalue weighted by molar-refractivity contribution is 0.0104. The highest BCUT2D eigenvalue weighted by Gasteiger charge is 2.51. The minimum absolute atomic E-state index is 0.197. The Morgan fingerprint density at radius 1 is 1.12 bits per heavy atom. The molecule has 1 spiro atoms. The molecule has 0 radical (unpaired) electrons. The smallest absolute Gasteiger partial charge is 0.321 e. The van der Waals surface area contributed by atoms with Crippen molar-refractivity contribution in [3.05, 3.63) is 60.3 Å². The van der Waals surface area contributed by atoms with Crippen LogP contribution < -0.4 is 5.32 Å². The number of carbonyl (C=O) groups is 1. The predicted octanol–water partition coefficient (Wildman–Crippen LogP) is 3.84. The maximum Gasteiger partial charge on any atom is 0.321 e.